The second-order valence-corrected chi connectivity index (χ2v) is 5.58. The first-order valence-corrected chi connectivity index (χ1v) is 6.97. The summed E-state index contributed by atoms with van der Waals surface area (Å²) in [5.41, 5.74) is 0.767. The van der Waals surface area contributed by atoms with Gasteiger partial charge in [0.25, 0.3) is 0 Å². The van der Waals surface area contributed by atoms with Crippen molar-refractivity contribution in [2.24, 2.45) is 0 Å². The van der Waals surface area contributed by atoms with Crippen molar-refractivity contribution in [3.05, 3.63) is 35.5 Å². The number of hydrogen-bond acceptors (Lipinski definition) is 5. The average Bonchev–Trinajstić information content (AvgIpc) is 2.88. The number of rotatable bonds is 2. The van der Waals surface area contributed by atoms with Crippen molar-refractivity contribution < 1.29 is 25.2 Å². The molecule has 0 radical (unpaired) electrons. The van der Waals surface area contributed by atoms with E-state index >= 15 is 0 Å². The van der Waals surface area contributed by atoms with Crippen molar-refractivity contribution in [3.63, 3.8) is 0 Å². The van der Waals surface area contributed by atoms with Gasteiger partial charge in [-0.2, -0.15) is 0 Å². The molecule has 0 spiro atoms. The highest BCUT2D eigenvalue weighted by molar-refractivity contribution is 6.31. The van der Waals surface area contributed by atoms with E-state index in [-0.39, 0.29) is 0 Å². The monoisotopic (exact) mass is 313 g/mol. The maximum absolute atomic E-state index is 10.1. The highest BCUT2D eigenvalue weighted by Gasteiger charge is 2.44. The Morgan fingerprint density at radius 1 is 1.10 bits per heavy atom. The van der Waals surface area contributed by atoms with Gasteiger partial charge in [-0.1, -0.05) is 11.6 Å². The number of nitrogens with zero attached hydrogens (tertiary/aromatic N) is 1. The summed E-state index contributed by atoms with van der Waals surface area (Å²) in [6.45, 7) is -0.452. The Kier molecular flexibility index (Phi) is 3.92. The minimum atomic E-state index is -1.40. The van der Waals surface area contributed by atoms with Crippen molar-refractivity contribution in [3.8, 4) is 0 Å². The lowest BCUT2D eigenvalue weighted by atomic mass is 9.98. The highest BCUT2D eigenvalue weighted by Crippen LogP contribution is 2.32. The van der Waals surface area contributed by atoms with E-state index in [0.717, 1.165) is 10.9 Å². The molecule has 1 aliphatic heterocycles. The van der Waals surface area contributed by atoms with E-state index in [0.29, 0.717) is 5.02 Å². The summed E-state index contributed by atoms with van der Waals surface area (Å²) in [6, 6.07) is 7.07. The first-order valence-electron chi connectivity index (χ1n) is 6.59. The summed E-state index contributed by atoms with van der Waals surface area (Å²) in [5.74, 6) is 0. The fourth-order valence-electron chi connectivity index (χ4n) is 2.67. The molecule has 1 aliphatic rings. The molecule has 0 bridgehead atoms. The lowest BCUT2D eigenvalue weighted by molar-refractivity contribution is -0.250. The quantitative estimate of drug-likeness (QED) is 0.638. The molecule has 5 atom stereocenters. The molecule has 0 amide bonds. The number of fused-ring (bicyclic) bond motifs is 1. The second kappa shape index (κ2) is 5.57. The molecule has 114 valence electrons. The van der Waals surface area contributed by atoms with Crippen LogP contribution in [0.5, 0.6) is 0 Å². The Morgan fingerprint density at radius 2 is 1.86 bits per heavy atom. The lowest BCUT2D eigenvalue weighted by Crippen LogP contribution is -2.56. The van der Waals surface area contributed by atoms with E-state index in [4.69, 9.17) is 16.3 Å². The lowest BCUT2D eigenvalue weighted by Gasteiger charge is -2.40. The van der Waals surface area contributed by atoms with Crippen molar-refractivity contribution in [1.82, 2.24) is 4.57 Å². The average molecular weight is 314 g/mol. The van der Waals surface area contributed by atoms with Gasteiger partial charge in [-0.3, -0.25) is 0 Å². The topological polar surface area (TPSA) is 95.1 Å². The largest absolute Gasteiger partial charge is 0.394 e. The normalized spacial score (nSPS) is 33.5. The Balaban J connectivity index is 2.00. The van der Waals surface area contributed by atoms with E-state index < -0.39 is 37.3 Å². The molecular formula is C14H16ClNO5. The minimum absolute atomic E-state index is 0.452. The molecule has 6 nitrogen and oxygen atoms in total. The van der Waals surface area contributed by atoms with Gasteiger partial charge < -0.3 is 29.7 Å². The van der Waals surface area contributed by atoms with E-state index in [1.165, 1.54) is 0 Å². The smallest absolute Gasteiger partial charge is 0.163 e. The van der Waals surface area contributed by atoms with Crippen LogP contribution in [-0.4, -0.2) is 56.0 Å². The molecule has 1 saturated heterocycles. The summed E-state index contributed by atoms with van der Waals surface area (Å²) in [4.78, 5) is 0. The predicted octanol–water partition coefficient (Wildman–Crippen LogP) is 0.267. The van der Waals surface area contributed by atoms with Crippen LogP contribution in [0.25, 0.3) is 10.9 Å². The molecule has 2 heterocycles. The molecule has 7 heteroatoms. The Morgan fingerprint density at radius 3 is 2.57 bits per heavy atom. The zero-order valence-corrected chi connectivity index (χ0v) is 11.8. The van der Waals surface area contributed by atoms with Gasteiger partial charge in [-0.15, -0.1) is 0 Å². The standard InChI is InChI=1S/C14H16ClNO5/c15-8-1-2-9-7(5-8)3-4-16(9)14-13(20)12(19)11(18)10(6-17)21-14/h1-5,10-14,17-20H,6H2/t10-,11-,12+,13-,14-/m1/s1. The summed E-state index contributed by atoms with van der Waals surface area (Å²) < 4.78 is 7.18. The van der Waals surface area contributed by atoms with Crippen LogP contribution in [0, 0.1) is 0 Å². The highest BCUT2D eigenvalue weighted by atomic mass is 35.5. The number of benzene rings is 1. The Hall–Kier alpha value is -1.15. The molecule has 0 saturated carbocycles. The van der Waals surface area contributed by atoms with E-state index in [2.05, 4.69) is 0 Å². The minimum Gasteiger partial charge on any atom is -0.394 e. The third-order valence-corrected chi connectivity index (χ3v) is 4.06. The molecule has 1 aromatic heterocycles. The van der Waals surface area contributed by atoms with Crippen molar-refractivity contribution in [1.29, 1.82) is 0 Å². The molecule has 3 rings (SSSR count). The number of aliphatic hydroxyl groups excluding tert-OH is 4. The number of ether oxygens (including phenoxy) is 1. The fraction of sp³-hybridized carbons (Fsp3) is 0.429. The molecule has 21 heavy (non-hydrogen) atoms. The van der Waals surface area contributed by atoms with Gasteiger partial charge >= 0.3 is 0 Å². The first-order chi connectivity index (χ1) is 10.0. The van der Waals surface area contributed by atoms with Crippen LogP contribution < -0.4 is 0 Å². The maximum Gasteiger partial charge on any atom is 0.163 e. The number of aromatic nitrogens is 1. The summed E-state index contributed by atoms with van der Waals surface area (Å²) in [7, 11) is 0. The molecule has 0 unspecified atom stereocenters. The molecule has 1 aromatic carbocycles. The molecule has 1 fully saturated rings. The van der Waals surface area contributed by atoms with Gasteiger partial charge in [-0.05, 0) is 24.3 Å². The molecular weight excluding hydrogens is 298 g/mol. The van der Waals surface area contributed by atoms with E-state index in [1.54, 1.807) is 29.0 Å². The van der Waals surface area contributed by atoms with Crippen LogP contribution in [0.1, 0.15) is 6.23 Å². The predicted molar refractivity (Wildman–Crippen MR) is 76.0 cm³/mol. The van der Waals surface area contributed by atoms with Gasteiger partial charge in [0.15, 0.2) is 6.23 Å². The van der Waals surface area contributed by atoms with Crippen molar-refractivity contribution in [2.75, 3.05) is 6.61 Å². The maximum atomic E-state index is 10.1. The van der Waals surface area contributed by atoms with Crippen LogP contribution in [0.4, 0.5) is 0 Å². The van der Waals surface area contributed by atoms with E-state index in [9.17, 15) is 20.4 Å². The Bertz CT molecular complexity index is 643. The number of hydrogen-bond donors (Lipinski definition) is 4. The summed E-state index contributed by atoms with van der Waals surface area (Å²) in [6.07, 6.45) is -4.21. The Labute approximate surface area is 125 Å². The third kappa shape index (κ3) is 2.44. The molecule has 0 aliphatic carbocycles. The van der Waals surface area contributed by atoms with Gasteiger partial charge in [-0.25, -0.2) is 0 Å². The first kappa shape index (κ1) is 14.8. The van der Waals surface area contributed by atoms with Crippen LogP contribution >= 0.6 is 11.6 Å². The fourth-order valence-corrected chi connectivity index (χ4v) is 2.85. The van der Waals surface area contributed by atoms with E-state index in [1.807, 2.05) is 6.07 Å². The van der Waals surface area contributed by atoms with Gasteiger partial charge in [0.05, 0.1) is 12.1 Å². The second-order valence-electron chi connectivity index (χ2n) is 5.15. The van der Waals surface area contributed by atoms with Crippen LogP contribution in [-0.2, 0) is 4.74 Å². The zero-order valence-electron chi connectivity index (χ0n) is 11.0. The van der Waals surface area contributed by atoms with Gasteiger partial charge in [0.2, 0.25) is 0 Å². The number of aliphatic hydroxyl groups is 4. The third-order valence-electron chi connectivity index (χ3n) is 3.82. The zero-order chi connectivity index (χ0) is 15.1. The van der Waals surface area contributed by atoms with Crippen molar-refractivity contribution >= 4 is 22.5 Å². The number of halogens is 1. The molecule has 4 N–H and O–H groups in total. The summed E-state index contributed by atoms with van der Waals surface area (Å²) >= 11 is 5.93. The van der Waals surface area contributed by atoms with Crippen LogP contribution in [0.2, 0.25) is 5.02 Å². The summed E-state index contributed by atoms with van der Waals surface area (Å²) in [5, 5.41) is 40.5. The van der Waals surface area contributed by atoms with Crippen LogP contribution in [0.15, 0.2) is 30.5 Å². The van der Waals surface area contributed by atoms with Gasteiger partial charge in [0, 0.05) is 16.6 Å². The van der Waals surface area contributed by atoms with Crippen LogP contribution in [0.3, 0.4) is 0 Å². The van der Waals surface area contributed by atoms with Crippen molar-refractivity contribution in [2.45, 2.75) is 30.6 Å². The molecule has 2 aromatic rings. The SMILES string of the molecule is OC[C@H]1O[C@@H](n2ccc3cc(Cl)ccc32)[C@H](O)[C@@H](O)[C@@H]1O. The van der Waals surface area contributed by atoms with Gasteiger partial charge in [0.1, 0.15) is 24.4 Å².